The van der Waals surface area contributed by atoms with Gasteiger partial charge in [-0.3, -0.25) is 10.1 Å². The van der Waals surface area contributed by atoms with Crippen LogP contribution in [-0.2, 0) is 4.79 Å². The SMILES string of the molecule is COc1cc(/C=C/C(=O)Nc2nnc(C)s2)cc(Cl)c1OCC(C)C. The van der Waals surface area contributed by atoms with Crippen LogP contribution in [0.2, 0.25) is 5.02 Å². The Bertz CT molecular complexity index is 774. The van der Waals surface area contributed by atoms with Gasteiger partial charge in [0, 0.05) is 6.08 Å². The molecule has 1 aromatic heterocycles. The maximum atomic E-state index is 11.9. The van der Waals surface area contributed by atoms with Crippen LogP contribution in [0, 0.1) is 12.8 Å². The number of anilines is 1. The summed E-state index contributed by atoms with van der Waals surface area (Å²) in [6.45, 7) is 6.46. The van der Waals surface area contributed by atoms with Crippen molar-refractivity contribution in [2.75, 3.05) is 19.0 Å². The lowest BCUT2D eigenvalue weighted by Gasteiger charge is -2.14. The lowest BCUT2D eigenvalue weighted by atomic mass is 10.1. The average Bonchev–Trinajstić information content (AvgIpc) is 2.96. The van der Waals surface area contributed by atoms with Gasteiger partial charge < -0.3 is 9.47 Å². The molecule has 1 aromatic carbocycles. The van der Waals surface area contributed by atoms with Crippen LogP contribution < -0.4 is 14.8 Å². The Morgan fingerprint density at radius 2 is 2.16 bits per heavy atom. The molecule has 1 amide bonds. The molecule has 25 heavy (non-hydrogen) atoms. The van der Waals surface area contributed by atoms with Gasteiger partial charge in [-0.25, -0.2) is 0 Å². The van der Waals surface area contributed by atoms with Crippen LogP contribution >= 0.6 is 22.9 Å². The standard InChI is InChI=1S/C17H20ClN3O3S/c1-10(2)9-24-16-13(18)7-12(8-14(16)23-4)5-6-15(22)19-17-21-20-11(3)25-17/h5-8,10H,9H2,1-4H3,(H,19,21,22)/b6-5+. The van der Waals surface area contributed by atoms with E-state index < -0.39 is 0 Å². The van der Waals surface area contributed by atoms with Gasteiger partial charge in [0.15, 0.2) is 11.5 Å². The summed E-state index contributed by atoms with van der Waals surface area (Å²) in [6.07, 6.45) is 3.04. The van der Waals surface area contributed by atoms with Crippen molar-refractivity contribution < 1.29 is 14.3 Å². The number of nitrogens with zero attached hydrogens (tertiary/aromatic N) is 2. The van der Waals surface area contributed by atoms with Crippen molar-refractivity contribution in [2.45, 2.75) is 20.8 Å². The summed E-state index contributed by atoms with van der Waals surface area (Å²) in [6, 6.07) is 3.49. The molecule has 0 bridgehead atoms. The van der Waals surface area contributed by atoms with Gasteiger partial charge in [0.25, 0.3) is 0 Å². The van der Waals surface area contributed by atoms with E-state index in [1.165, 1.54) is 17.4 Å². The zero-order chi connectivity index (χ0) is 18.4. The van der Waals surface area contributed by atoms with Crippen molar-refractivity contribution in [3.05, 3.63) is 33.8 Å². The molecular formula is C17H20ClN3O3S. The Labute approximate surface area is 155 Å². The minimum Gasteiger partial charge on any atom is -0.493 e. The van der Waals surface area contributed by atoms with E-state index in [9.17, 15) is 4.79 Å². The first-order valence-electron chi connectivity index (χ1n) is 7.68. The maximum Gasteiger partial charge on any atom is 0.250 e. The molecule has 2 rings (SSSR count). The molecule has 0 saturated heterocycles. The van der Waals surface area contributed by atoms with Gasteiger partial charge in [0.1, 0.15) is 5.01 Å². The Balaban J connectivity index is 2.10. The first kappa shape index (κ1) is 19.2. The first-order valence-corrected chi connectivity index (χ1v) is 8.88. The van der Waals surface area contributed by atoms with E-state index in [1.807, 2.05) is 6.92 Å². The highest BCUT2D eigenvalue weighted by Crippen LogP contribution is 2.37. The van der Waals surface area contributed by atoms with Crippen LogP contribution in [0.15, 0.2) is 18.2 Å². The number of nitrogens with one attached hydrogen (secondary N) is 1. The summed E-state index contributed by atoms with van der Waals surface area (Å²) >= 11 is 7.60. The van der Waals surface area contributed by atoms with E-state index in [1.54, 1.807) is 25.3 Å². The number of methoxy groups -OCH3 is 1. The number of ether oxygens (including phenoxy) is 2. The summed E-state index contributed by atoms with van der Waals surface area (Å²) in [5.41, 5.74) is 0.724. The zero-order valence-electron chi connectivity index (χ0n) is 14.5. The topological polar surface area (TPSA) is 73.3 Å². The highest BCUT2D eigenvalue weighted by molar-refractivity contribution is 7.15. The molecule has 0 atom stereocenters. The third-order valence-electron chi connectivity index (χ3n) is 3.00. The van der Waals surface area contributed by atoms with E-state index in [-0.39, 0.29) is 5.91 Å². The molecule has 1 N–H and O–H groups in total. The monoisotopic (exact) mass is 381 g/mol. The third-order valence-corrected chi connectivity index (χ3v) is 4.03. The molecule has 0 aliphatic heterocycles. The van der Waals surface area contributed by atoms with Gasteiger partial charge >= 0.3 is 0 Å². The average molecular weight is 382 g/mol. The van der Waals surface area contributed by atoms with Crippen molar-refractivity contribution in [1.82, 2.24) is 10.2 Å². The Morgan fingerprint density at radius 3 is 2.76 bits per heavy atom. The number of hydrogen-bond donors (Lipinski definition) is 1. The van der Waals surface area contributed by atoms with Crippen LogP contribution in [0.3, 0.4) is 0 Å². The van der Waals surface area contributed by atoms with E-state index in [4.69, 9.17) is 21.1 Å². The number of hydrogen-bond acceptors (Lipinski definition) is 6. The number of carbonyl (C=O) groups excluding carboxylic acids is 1. The van der Waals surface area contributed by atoms with Crippen molar-refractivity contribution >= 4 is 40.1 Å². The molecule has 2 aromatic rings. The molecule has 0 spiro atoms. The van der Waals surface area contributed by atoms with E-state index >= 15 is 0 Å². The number of rotatable bonds is 7. The normalized spacial score (nSPS) is 11.1. The summed E-state index contributed by atoms with van der Waals surface area (Å²) in [4.78, 5) is 11.9. The fraction of sp³-hybridized carbons (Fsp3) is 0.353. The molecule has 0 radical (unpaired) electrons. The number of aryl methyl sites for hydroxylation is 1. The van der Waals surface area contributed by atoms with Crippen LogP contribution in [0.25, 0.3) is 6.08 Å². The minimum atomic E-state index is -0.300. The summed E-state index contributed by atoms with van der Waals surface area (Å²) in [5.74, 6) is 1.09. The van der Waals surface area contributed by atoms with Crippen LogP contribution in [0.4, 0.5) is 5.13 Å². The van der Waals surface area contributed by atoms with Gasteiger partial charge in [0.05, 0.1) is 18.7 Å². The second kappa shape index (κ2) is 8.82. The fourth-order valence-corrected chi connectivity index (χ4v) is 2.76. The molecule has 0 saturated carbocycles. The predicted molar refractivity (Wildman–Crippen MR) is 101 cm³/mol. The summed E-state index contributed by atoms with van der Waals surface area (Å²) < 4.78 is 11.1. The lowest BCUT2D eigenvalue weighted by molar-refractivity contribution is -0.111. The molecule has 134 valence electrons. The Morgan fingerprint density at radius 1 is 1.40 bits per heavy atom. The van der Waals surface area contributed by atoms with Gasteiger partial charge in [-0.2, -0.15) is 0 Å². The van der Waals surface area contributed by atoms with Crippen molar-refractivity contribution in [2.24, 2.45) is 5.92 Å². The molecule has 0 aliphatic rings. The number of halogens is 1. The molecular weight excluding hydrogens is 362 g/mol. The van der Waals surface area contributed by atoms with E-state index in [0.29, 0.717) is 34.2 Å². The Kier molecular flexibility index (Phi) is 6.78. The van der Waals surface area contributed by atoms with Gasteiger partial charge in [-0.1, -0.05) is 36.8 Å². The van der Waals surface area contributed by atoms with Crippen molar-refractivity contribution in [3.63, 3.8) is 0 Å². The first-order chi connectivity index (χ1) is 11.9. The van der Waals surface area contributed by atoms with Crippen molar-refractivity contribution in [1.29, 1.82) is 0 Å². The molecule has 0 unspecified atom stereocenters. The number of aromatic nitrogens is 2. The molecule has 0 fully saturated rings. The lowest BCUT2D eigenvalue weighted by Crippen LogP contribution is -2.07. The minimum absolute atomic E-state index is 0.300. The molecule has 0 aliphatic carbocycles. The predicted octanol–water partition coefficient (Wildman–Crippen LogP) is 4.20. The Hall–Kier alpha value is -2.12. The van der Waals surface area contributed by atoms with Crippen LogP contribution in [0.5, 0.6) is 11.5 Å². The van der Waals surface area contributed by atoms with Crippen molar-refractivity contribution in [3.8, 4) is 11.5 Å². The van der Waals surface area contributed by atoms with E-state index in [0.717, 1.165) is 10.6 Å². The fourth-order valence-electron chi connectivity index (χ4n) is 1.89. The number of benzene rings is 1. The molecule has 1 heterocycles. The second-order valence-electron chi connectivity index (χ2n) is 5.69. The zero-order valence-corrected chi connectivity index (χ0v) is 16.1. The van der Waals surface area contributed by atoms with Gasteiger partial charge in [0.2, 0.25) is 11.0 Å². The molecule has 6 nitrogen and oxygen atoms in total. The van der Waals surface area contributed by atoms with Crippen LogP contribution in [0.1, 0.15) is 24.4 Å². The highest BCUT2D eigenvalue weighted by Gasteiger charge is 2.12. The molecule has 8 heteroatoms. The highest BCUT2D eigenvalue weighted by atomic mass is 35.5. The van der Waals surface area contributed by atoms with Crippen LogP contribution in [-0.4, -0.2) is 29.8 Å². The summed E-state index contributed by atoms with van der Waals surface area (Å²) in [5, 5.41) is 12.0. The largest absolute Gasteiger partial charge is 0.493 e. The third kappa shape index (κ3) is 5.72. The van der Waals surface area contributed by atoms with E-state index in [2.05, 4.69) is 29.4 Å². The summed E-state index contributed by atoms with van der Waals surface area (Å²) in [7, 11) is 1.55. The maximum absolute atomic E-state index is 11.9. The van der Waals surface area contributed by atoms with Gasteiger partial charge in [-0.05, 0) is 36.6 Å². The number of amides is 1. The van der Waals surface area contributed by atoms with Gasteiger partial charge in [-0.15, -0.1) is 10.2 Å². The number of carbonyl (C=O) groups is 1. The second-order valence-corrected chi connectivity index (χ2v) is 7.28. The smallest absolute Gasteiger partial charge is 0.250 e. The quantitative estimate of drug-likeness (QED) is 0.728.